The van der Waals surface area contributed by atoms with Crippen molar-refractivity contribution in [2.45, 2.75) is 29.3 Å². The minimum Gasteiger partial charge on any atom is -0.306 e. The molecule has 4 amide bonds. The number of amides is 4. The van der Waals surface area contributed by atoms with E-state index < -0.39 is 43.6 Å². The van der Waals surface area contributed by atoms with Gasteiger partial charge in [0.05, 0.1) is 26.9 Å². The number of carbonyl (C=O) groups excluding carboxylic acids is 3. The second-order valence-corrected chi connectivity index (χ2v) is 11.4. The molecular formula is C25H18ClF3N4O5S. The largest absolute Gasteiger partial charge is 0.501 e. The predicted octanol–water partition coefficient (Wildman–Crippen LogP) is 5.03. The van der Waals surface area contributed by atoms with Gasteiger partial charge in [0.2, 0.25) is 0 Å². The van der Waals surface area contributed by atoms with Crippen molar-refractivity contribution in [1.82, 2.24) is 4.98 Å². The van der Waals surface area contributed by atoms with Gasteiger partial charge in [-0.05, 0) is 54.8 Å². The first kappa shape index (κ1) is 26.6. The third-order valence-electron chi connectivity index (χ3n) is 6.70. The Morgan fingerprint density at radius 3 is 2.31 bits per heavy atom. The molecule has 9 nitrogen and oxygen atoms in total. The summed E-state index contributed by atoms with van der Waals surface area (Å²) in [6.45, 7) is 1.77. The fraction of sp³-hybridized carbons (Fsp3) is 0.200. The molecule has 1 aromatic heterocycles. The van der Waals surface area contributed by atoms with Crippen LogP contribution in [0.3, 0.4) is 0 Å². The average molecular weight is 579 g/mol. The molecule has 14 heteroatoms. The Hall–Kier alpha value is -3.97. The Kier molecular flexibility index (Phi) is 6.18. The smallest absolute Gasteiger partial charge is 0.306 e. The maximum Gasteiger partial charge on any atom is 0.501 e. The number of carbonyl (C=O) groups is 3. The zero-order valence-corrected chi connectivity index (χ0v) is 21.5. The Balaban J connectivity index is 1.46. The van der Waals surface area contributed by atoms with Crippen LogP contribution in [-0.4, -0.2) is 42.3 Å². The van der Waals surface area contributed by atoms with Crippen LogP contribution in [0.4, 0.5) is 35.2 Å². The normalized spacial score (nSPS) is 21.0. The molecule has 1 spiro atoms. The standard InChI is InChI=1S/C25H18ClF3N4O5S/c1-14-13-24(14)22(35)32(15-6-8-17(9-7-15)39(37,38)25(27,28)29)23(36)33(24)16-10-11-30-20(12-16)31-21(34)18-4-2-3-5-19(18)26/h2-12,14H,13H2,1H3,(H,30,31,34). The second-order valence-electron chi connectivity index (χ2n) is 9.06. The number of rotatable bonds is 5. The summed E-state index contributed by atoms with van der Waals surface area (Å²) in [5.74, 6) is -1.32. The second kappa shape index (κ2) is 9.06. The molecule has 202 valence electrons. The molecule has 0 radical (unpaired) electrons. The number of pyridine rings is 1. The minimum atomic E-state index is -5.60. The highest BCUT2D eigenvalue weighted by atomic mass is 35.5. The monoisotopic (exact) mass is 578 g/mol. The number of nitrogens with one attached hydrogen (secondary N) is 1. The summed E-state index contributed by atoms with van der Waals surface area (Å²) in [4.78, 5) is 44.9. The summed E-state index contributed by atoms with van der Waals surface area (Å²) in [7, 11) is -5.60. The molecule has 2 unspecified atom stereocenters. The number of sulfone groups is 1. The van der Waals surface area contributed by atoms with Crippen molar-refractivity contribution < 1.29 is 36.0 Å². The molecule has 2 aliphatic rings. The van der Waals surface area contributed by atoms with E-state index in [9.17, 15) is 36.0 Å². The van der Waals surface area contributed by atoms with Gasteiger partial charge in [-0.3, -0.25) is 14.5 Å². The van der Waals surface area contributed by atoms with Crippen molar-refractivity contribution in [3.8, 4) is 0 Å². The lowest BCUT2D eigenvalue weighted by atomic mass is 10.1. The summed E-state index contributed by atoms with van der Waals surface area (Å²) < 4.78 is 62.1. The van der Waals surface area contributed by atoms with Gasteiger partial charge in [0, 0.05) is 12.3 Å². The van der Waals surface area contributed by atoms with Gasteiger partial charge in [0.1, 0.15) is 11.4 Å². The summed E-state index contributed by atoms with van der Waals surface area (Å²) in [6, 6.07) is 11.8. The SMILES string of the molecule is CC1CC12C(=O)N(c1ccc(S(=O)(=O)C(F)(F)F)cc1)C(=O)N2c1ccnc(NC(=O)c2ccccc2Cl)c1. The van der Waals surface area contributed by atoms with E-state index in [1.165, 1.54) is 29.3 Å². The highest BCUT2D eigenvalue weighted by molar-refractivity contribution is 7.92. The fourth-order valence-electron chi connectivity index (χ4n) is 4.60. The van der Waals surface area contributed by atoms with E-state index in [1.54, 1.807) is 25.1 Å². The molecular weight excluding hydrogens is 561 g/mol. The van der Waals surface area contributed by atoms with Crippen LogP contribution in [0.5, 0.6) is 0 Å². The van der Waals surface area contributed by atoms with Crippen molar-refractivity contribution in [3.05, 3.63) is 77.4 Å². The molecule has 1 saturated heterocycles. The Labute approximate surface area is 225 Å². The molecule has 2 fully saturated rings. The maximum atomic E-state index is 13.6. The van der Waals surface area contributed by atoms with Crippen molar-refractivity contribution in [1.29, 1.82) is 0 Å². The lowest BCUT2D eigenvalue weighted by Crippen LogP contribution is -2.39. The van der Waals surface area contributed by atoms with Gasteiger partial charge >= 0.3 is 11.5 Å². The van der Waals surface area contributed by atoms with E-state index in [0.29, 0.717) is 18.6 Å². The number of benzene rings is 2. The van der Waals surface area contributed by atoms with Crippen LogP contribution in [0.15, 0.2) is 71.8 Å². The van der Waals surface area contributed by atoms with Gasteiger partial charge in [-0.2, -0.15) is 13.2 Å². The zero-order chi connectivity index (χ0) is 28.3. The minimum absolute atomic E-state index is 0.0845. The van der Waals surface area contributed by atoms with Crippen LogP contribution < -0.4 is 15.1 Å². The van der Waals surface area contributed by atoms with E-state index in [0.717, 1.165) is 17.0 Å². The third kappa shape index (κ3) is 4.21. The molecule has 2 aromatic carbocycles. The third-order valence-corrected chi connectivity index (χ3v) is 8.53. The van der Waals surface area contributed by atoms with Gasteiger partial charge in [0.15, 0.2) is 0 Å². The first-order valence-electron chi connectivity index (χ1n) is 11.4. The first-order chi connectivity index (χ1) is 18.3. The van der Waals surface area contributed by atoms with Crippen molar-refractivity contribution >= 4 is 56.5 Å². The maximum absolute atomic E-state index is 13.6. The van der Waals surface area contributed by atoms with Gasteiger partial charge in [-0.1, -0.05) is 30.7 Å². The van der Waals surface area contributed by atoms with E-state index in [-0.39, 0.29) is 33.7 Å². The summed E-state index contributed by atoms with van der Waals surface area (Å²) >= 11 is 6.08. The van der Waals surface area contributed by atoms with Crippen LogP contribution in [-0.2, 0) is 14.6 Å². The van der Waals surface area contributed by atoms with Gasteiger partial charge in [-0.15, -0.1) is 0 Å². The highest BCUT2D eigenvalue weighted by Crippen LogP contribution is 2.55. The van der Waals surface area contributed by atoms with Crippen LogP contribution in [0.1, 0.15) is 23.7 Å². The summed E-state index contributed by atoms with van der Waals surface area (Å²) in [5, 5.41) is 2.83. The van der Waals surface area contributed by atoms with E-state index in [2.05, 4.69) is 10.3 Å². The van der Waals surface area contributed by atoms with Crippen molar-refractivity contribution in [2.24, 2.45) is 5.92 Å². The molecule has 3 aromatic rings. The molecule has 5 rings (SSSR count). The Morgan fingerprint density at radius 2 is 1.72 bits per heavy atom. The predicted molar refractivity (Wildman–Crippen MR) is 135 cm³/mol. The number of imide groups is 1. The van der Waals surface area contributed by atoms with Gasteiger partial charge in [-0.25, -0.2) is 23.1 Å². The topological polar surface area (TPSA) is 117 Å². The molecule has 0 bridgehead atoms. The summed E-state index contributed by atoms with van der Waals surface area (Å²) in [6.07, 6.45) is 1.66. The number of aromatic nitrogens is 1. The molecule has 39 heavy (non-hydrogen) atoms. The number of hydrogen-bond acceptors (Lipinski definition) is 6. The average Bonchev–Trinajstić information content (AvgIpc) is 3.49. The molecule has 2 atom stereocenters. The van der Waals surface area contributed by atoms with Gasteiger partial charge < -0.3 is 5.32 Å². The number of alkyl halides is 3. The molecule has 1 aliphatic carbocycles. The van der Waals surface area contributed by atoms with Crippen molar-refractivity contribution in [2.75, 3.05) is 15.1 Å². The zero-order valence-electron chi connectivity index (χ0n) is 19.9. The quantitative estimate of drug-likeness (QED) is 0.424. The van der Waals surface area contributed by atoms with E-state index in [1.807, 2.05) is 0 Å². The summed E-state index contributed by atoms with van der Waals surface area (Å²) in [5.41, 5.74) is -6.39. The first-order valence-corrected chi connectivity index (χ1v) is 13.3. The number of anilines is 3. The number of hydrogen-bond donors (Lipinski definition) is 1. The lowest BCUT2D eigenvalue weighted by molar-refractivity contribution is -0.119. The van der Waals surface area contributed by atoms with Crippen LogP contribution in [0.25, 0.3) is 0 Å². The molecule has 2 heterocycles. The van der Waals surface area contributed by atoms with Crippen LogP contribution >= 0.6 is 11.6 Å². The van der Waals surface area contributed by atoms with E-state index in [4.69, 9.17) is 11.6 Å². The number of urea groups is 1. The highest BCUT2D eigenvalue weighted by Gasteiger charge is 2.70. The number of nitrogens with zero attached hydrogens (tertiary/aromatic N) is 3. The number of halogens is 4. The van der Waals surface area contributed by atoms with E-state index >= 15 is 0 Å². The van der Waals surface area contributed by atoms with Crippen LogP contribution in [0, 0.1) is 5.92 Å². The Bertz CT molecular complexity index is 1630. The Morgan fingerprint density at radius 1 is 1.08 bits per heavy atom. The molecule has 1 saturated carbocycles. The molecule has 1 aliphatic heterocycles. The van der Waals surface area contributed by atoms with Gasteiger partial charge in [0.25, 0.3) is 21.7 Å². The van der Waals surface area contributed by atoms with Crippen LogP contribution in [0.2, 0.25) is 5.02 Å². The van der Waals surface area contributed by atoms with Crippen molar-refractivity contribution in [3.63, 3.8) is 0 Å². The lowest BCUT2D eigenvalue weighted by Gasteiger charge is -2.22. The molecule has 1 N–H and O–H groups in total. The fourth-order valence-corrected chi connectivity index (χ4v) is 5.58.